The van der Waals surface area contributed by atoms with Crippen LogP contribution in [0.4, 0.5) is 4.39 Å². The van der Waals surface area contributed by atoms with Gasteiger partial charge in [0.25, 0.3) is 5.91 Å². The first kappa shape index (κ1) is 22.3. The summed E-state index contributed by atoms with van der Waals surface area (Å²) < 4.78 is 14.0. The number of nitrogens with one attached hydrogen (secondary N) is 1. The average molecular weight is 462 g/mol. The van der Waals surface area contributed by atoms with E-state index in [1.54, 1.807) is 23.1 Å². The highest BCUT2D eigenvalue weighted by molar-refractivity contribution is 5.94. The van der Waals surface area contributed by atoms with Crippen LogP contribution in [0.3, 0.4) is 0 Å². The van der Waals surface area contributed by atoms with Gasteiger partial charge in [0.05, 0.1) is 6.42 Å². The summed E-state index contributed by atoms with van der Waals surface area (Å²) in [6.07, 6.45) is 0.607. The molecule has 1 fully saturated rings. The predicted octanol–water partition coefficient (Wildman–Crippen LogP) is 2.63. The highest BCUT2D eigenvalue weighted by atomic mass is 19.1. The van der Waals surface area contributed by atoms with Gasteiger partial charge in [0.1, 0.15) is 5.82 Å². The molecular formula is C26H28FN5O2. The van der Waals surface area contributed by atoms with Crippen LogP contribution in [0, 0.1) is 5.82 Å². The number of carbonyl (C=O) groups excluding carboxylic acids is 2. The van der Waals surface area contributed by atoms with E-state index in [1.807, 2.05) is 23.1 Å². The molecule has 176 valence electrons. The van der Waals surface area contributed by atoms with Crippen molar-refractivity contribution >= 4 is 11.8 Å². The molecule has 3 aromatic rings. The molecular weight excluding hydrogens is 433 g/mol. The predicted molar refractivity (Wildman–Crippen MR) is 125 cm³/mol. The van der Waals surface area contributed by atoms with Gasteiger partial charge in [-0.25, -0.2) is 4.39 Å². The third-order valence-corrected chi connectivity index (χ3v) is 6.70. The number of H-pyrrole nitrogens is 1. The molecule has 1 N–H and O–H groups in total. The van der Waals surface area contributed by atoms with E-state index in [0.717, 1.165) is 30.9 Å². The molecule has 2 aliphatic rings. The molecule has 0 spiro atoms. The van der Waals surface area contributed by atoms with Crippen molar-refractivity contribution in [1.82, 2.24) is 24.9 Å². The number of aromatic amines is 1. The molecule has 2 aliphatic heterocycles. The van der Waals surface area contributed by atoms with E-state index in [1.165, 1.54) is 11.6 Å². The lowest BCUT2D eigenvalue weighted by Gasteiger charge is -2.35. The lowest BCUT2D eigenvalue weighted by atomic mass is 10.0. The Hall–Kier alpha value is -3.52. The van der Waals surface area contributed by atoms with Gasteiger partial charge in [-0.05, 0) is 17.2 Å². The molecule has 0 atom stereocenters. The summed E-state index contributed by atoms with van der Waals surface area (Å²) >= 11 is 0. The maximum atomic E-state index is 14.0. The normalized spacial score (nSPS) is 16.4. The van der Waals surface area contributed by atoms with Crippen LogP contribution in [-0.2, 0) is 30.7 Å². The fourth-order valence-electron chi connectivity index (χ4n) is 4.70. The van der Waals surface area contributed by atoms with Crippen molar-refractivity contribution in [3.63, 3.8) is 0 Å². The highest BCUT2D eigenvalue weighted by Gasteiger charge is 2.31. The van der Waals surface area contributed by atoms with E-state index < -0.39 is 0 Å². The summed E-state index contributed by atoms with van der Waals surface area (Å²) in [6, 6.07) is 16.7. The fraction of sp³-hybridized carbons (Fsp3) is 0.346. The number of rotatable bonds is 5. The Morgan fingerprint density at radius 3 is 2.41 bits per heavy atom. The number of piperazine rings is 1. The fourth-order valence-corrected chi connectivity index (χ4v) is 4.70. The molecule has 0 radical (unpaired) electrons. The van der Waals surface area contributed by atoms with E-state index in [4.69, 9.17) is 0 Å². The third kappa shape index (κ3) is 4.72. The lowest BCUT2D eigenvalue weighted by Crippen LogP contribution is -2.48. The van der Waals surface area contributed by atoms with Crippen LogP contribution in [-0.4, -0.2) is 69.4 Å². The van der Waals surface area contributed by atoms with Crippen LogP contribution in [0.15, 0.2) is 54.6 Å². The lowest BCUT2D eigenvalue weighted by molar-refractivity contribution is -0.131. The molecule has 1 saturated heterocycles. The van der Waals surface area contributed by atoms with E-state index in [0.29, 0.717) is 43.9 Å². The van der Waals surface area contributed by atoms with Crippen LogP contribution in [0.2, 0.25) is 0 Å². The highest BCUT2D eigenvalue weighted by Crippen LogP contribution is 2.23. The molecule has 2 aromatic carbocycles. The number of hydrogen-bond acceptors (Lipinski definition) is 4. The maximum absolute atomic E-state index is 14.0. The maximum Gasteiger partial charge on any atom is 0.274 e. The second-order valence-corrected chi connectivity index (χ2v) is 8.92. The molecule has 8 heteroatoms. The first-order valence-electron chi connectivity index (χ1n) is 11.7. The zero-order valence-electron chi connectivity index (χ0n) is 19.0. The Kier molecular flexibility index (Phi) is 6.40. The first-order valence-corrected chi connectivity index (χ1v) is 11.7. The van der Waals surface area contributed by atoms with Gasteiger partial charge in [-0.15, -0.1) is 0 Å². The SMILES string of the molecule is O=C(Cc1ccccc1F)N1CCc2[nH]nc(C(=O)N3CCN(Cc4ccccc4)CC3)c2C1. The number of benzene rings is 2. The summed E-state index contributed by atoms with van der Waals surface area (Å²) in [6.45, 7) is 4.61. The summed E-state index contributed by atoms with van der Waals surface area (Å²) in [5.41, 5.74) is 3.74. The summed E-state index contributed by atoms with van der Waals surface area (Å²) in [5, 5.41) is 7.32. The molecule has 0 aliphatic carbocycles. The number of nitrogens with zero attached hydrogens (tertiary/aromatic N) is 4. The molecule has 3 heterocycles. The van der Waals surface area contributed by atoms with Gasteiger partial charge in [0, 0.05) is 63.5 Å². The Morgan fingerprint density at radius 2 is 1.65 bits per heavy atom. The average Bonchev–Trinajstić information content (AvgIpc) is 3.29. The zero-order chi connectivity index (χ0) is 23.5. The van der Waals surface area contributed by atoms with Gasteiger partial charge in [0.2, 0.25) is 5.91 Å². The first-order chi connectivity index (χ1) is 16.6. The summed E-state index contributed by atoms with van der Waals surface area (Å²) in [4.78, 5) is 32.0. The van der Waals surface area contributed by atoms with Crippen LogP contribution in [0.25, 0.3) is 0 Å². The van der Waals surface area contributed by atoms with E-state index in [2.05, 4.69) is 27.2 Å². The number of hydrogen-bond donors (Lipinski definition) is 1. The number of halogens is 1. The van der Waals surface area contributed by atoms with Crippen LogP contribution >= 0.6 is 0 Å². The molecule has 1 aromatic heterocycles. The van der Waals surface area contributed by atoms with Crippen molar-refractivity contribution in [3.05, 3.63) is 88.5 Å². The second kappa shape index (κ2) is 9.77. The minimum absolute atomic E-state index is 0.00646. The Bertz CT molecular complexity index is 1170. The molecule has 5 rings (SSSR count). The van der Waals surface area contributed by atoms with Crippen molar-refractivity contribution in [2.75, 3.05) is 32.7 Å². The van der Waals surface area contributed by atoms with Gasteiger partial charge in [-0.3, -0.25) is 19.6 Å². The Labute approximate surface area is 198 Å². The minimum Gasteiger partial charge on any atom is -0.338 e. The number of carbonyl (C=O) groups is 2. The Balaban J connectivity index is 1.21. The van der Waals surface area contributed by atoms with Crippen molar-refractivity contribution in [2.45, 2.75) is 25.9 Å². The second-order valence-electron chi connectivity index (χ2n) is 8.92. The van der Waals surface area contributed by atoms with Crippen molar-refractivity contribution < 1.29 is 14.0 Å². The monoisotopic (exact) mass is 461 g/mol. The van der Waals surface area contributed by atoms with E-state index >= 15 is 0 Å². The van der Waals surface area contributed by atoms with E-state index in [9.17, 15) is 14.0 Å². The molecule has 7 nitrogen and oxygen atoms in total. The van der Waals surface area contributed by atoms with E-state index in [-0.39, 0.29) is 24.1 Å². The third-order valence-electron chi connectivity index (χ3n) is 6.70. The Morgan fingerprint density at radius 1 is 0.912 bits per heavy atom. The minimum atomic E-state index is -0.376. The van der Waals surface area contributed by atoms with Crippen LogP contribution in [0.1, 0.15) is 32.9 Å². The zero-order valence-corrected chi connectivity index (χ0v) is 19.0. The van der Waals surface area contributed by atoms with Gasteiger partial charge < -0.3 is 9.80 Å². The van der Waals surface area contributed by atoms with Crippen LogP contribution < -0.4 is 0 Å². The standard InChI is InChI=1S/C26H28FN5O2/c27-22-9-5-4-8-20(22)16-24(33)32-11-10-23-21(18-32)25(29-28-23)26(34)31-14-12-30(13-15-31)17-19-6-2-1-3-7-19/h1-9H,10-18H2,(H,28,29). The largest absolute Gasteiger partial charge is 0.338 e. The van der Waals surface area contributed by atoms with Gasteiger partial charge >= 0.3 is 0 Å². The smallest absolute Gasteiger partial charge is 0.274 e. The molecule has 2 amide bonds. The molecule has 0 saturated carbocycles. The molecule has 0 bridgehead atoms. The quantitative estimate of drug-likeness (QED) is 0.634. The number of amides is 2. The summed E-state index contributed by atoms with van der Waals surface area (Å²) in [5.74, 6) is -0.621. The summed E-state index contributed by atoms with van der Waals surface area (Å²) in [7, 11) is 0. The van der Waals surface area contributed by atoms with Crippen LogP contribution in [0.5, 0.6) is 0 Å². The van der Waals surface area contributed by atoms with Gasteiger partial charge in [-0.1, -0.05) is 48.5 Å². The number of fused-ring (bicyclic) bond motifs is 1. The van der Waals surface area contributed by atoms with Gasteiger partial charge in [-0.2, -0.15) is 5.10 Å². The topological polar surface area (TPSA) is 72.5 Å². The van der Waals surface area contributed by atoms with Crippen molar-refractivity contribution in [2.24, 2.45) is 0 Å². The van der Waals surface area contributed by atoms with Gasteiger partial charge in [0.15, 0.2) is 5.69 Å². The van der Waals surface area contributed by atoms with Crippen molar-refractivity contribution in [1.29, 1.82) is 0 Å². The molecule has 34 heavy (non-hydrogen) atoms. The number of aromatic nitrogens is 2. The molecule has 0 unspecified atom stereocenters. The van der Waals surface area contributed by atoms with Crippen molar-refractivity contribution in [3.8, 4) is 0 Å².